The zero-order valence-corrected chi connectivity index (χ0v) is 22.8. The fourth-order valence-electron chi connectivity index (χ4n) is 4.70. The number of carbonyl (C=O) groups is 1. The van der Waals surface area contributed by atoms with Gasteiger partial charge in [-0.25, -0.2) is 14.8 Å². The number of nitrogens with zero attached hydrogens (tertiary/aromatic N) is 4. The Labute approximate surface area is 229 Å². The molecule has 1 unspecified atom stereocenters. The summed E-state index contributed by atoms with van der Waals surface area (Å²) in [6.07, 6.45) is 6.39. The average Bonchev–Trinajstić information content (AvgIpc) is 3.31. The molecule has 3 heterocycles. The van der Waals surface area contributed by atoms with Crippen LogP contribution in [0.3, 0.4) is 0 Å². The second kappa shape index (κ2) is 13.1. The van der Waals surface area contributed by atoms with Gasteiger partial charge in [-0.2, -0.15) is 0 Å². The molecule has 206 valence electrons. The molecule has 0 spiro atoms. The van der Waals surface area contributed by atoms with Crippen LogP contribution >= 0.6 is 0 Å². The van der Waals surface area contributed by atoms with E-state index in [-0.39, 0.29) is 18.7 Å². The van der Waals surface area contributed by atoms with Gasteiger partial charge < -0.3 is 20.2 Å². The van der Waals surface area contributed by atoms with E-state index in [1.165, 1.54) is 6.20 Å². The van der Waals surface area contributed by atoms with Crippen LogP contribution in [-0.2, 0) is 9.47 Å². The van der Waals surface area contributed by atoms with E-state index in [0.29, 0.717) is 28.4 Å². The molecule has 3 aromatic rings. The van der Waals surface area contributed by atoms with Gasteiger partial charge in [-0.1, -0.05) is 19.9 Å². The fourth-order valence-corrected chi connectivity index (χ4v) is 4.70. The number of aromatic amines is 1. The quantitative estimate of drug-likeness (QED) is 0.243. The number of carbonyl (C=O) groups excluding carboxylic acids is 1. The highest BCUT2D eigenvalue weighted by Crippen LogP contribution is 2.31. The number of rotatable bonds is 10. The summed E-state index contributed by atoms with van der Waals surface area (Å²) in [5, 5.41) is 2.62. The third-order valence-electron chi connectivity index (χ3n) is 6.28. The monoisotopic (exact) mass is 531 g/mol. The van der Waals surface area contributed by atoms with Crippen molar-refractivity contribution in [3.8, 4) is 11.3 Å². The van der Waals surface area contributed by atoms with E-state index in [2.05, 4.69) is 50.6 Å². The molecule has 0 aliphatic carbocycles. The molecule has 10 nitrogen and oxygen atoms in total. The minimum Gasteiger partial charge on any atom is -0.473 e. The normalized spacial score (nSPS) is 16.6. The first kappa shape index (κ1) is 27.8. The Balaban J connectivity index is 1.56. The lowest BCUT2D eigenvalue weighted by Gasteiger charge is -2.33. The van der Waals surface area contributed by atoms with E-state index in [1.807, 2.05) is 30.3 Å². The van der Waals surface area contributed by atoms with Gasteiger partial charge in [-0.05, 0) is 68.6 Å². The maximum atomic E-state index is 12.0. The van der Waals surface area contributed by atoms with E-state index in [9.17, 15) is 4.79 Å². The van der Waals surface area contributed by atoms with Crippen LogP contribution in [0.25, 0.3) is 27.9 Å². The number of ether oxygens (including phenoxy) is 2. The Morgan fingerprint density at radius 2 is 2.23 bits per heavy atom. The second-order valence-electron chi connectivity index (χ2n) is 9.87. The third kappa shape index (κ3) is 7.44. The fraction of sp³-hybridized carbons (Fsp3) is 0.379. The number of imidazole rings is 1. The van der Waals surface area contributed by atoms with Crippen molar-refractivity contribution in [3.63, 3.8) is 0 Å². The standard InChI is InChI=1S/C29H37N7O3/c1-5-38-29(37)35-28-33-26-14-21(13-24(27(26)34-28)25-10-6-7-11-31-25)22(15-30)16-32-20(4)39-23-9-8-12-36(18-23)17-19(2)3/h6-7,10-11,13-16,19,23H,4-5,8-9,12,17-18,30H2,1-3H3,(H2,33,34,35,37)/b22-15+,32-16-. The zero-order valence-electron chi connectivity index (χ0n) is 22.8. The van der Waals surface area contributed by atoms with Crippen LogP contribution in [-0.4, -0.2) is 64.5 Å². The van der Waals surface area contributed by atoms with E-state index in [4.69, 9.17) is 15.2 Å². The first-order valence-electron chi connectivity index (χ1n) is 13.3. The molecule has 4 N–H and O–H groups in total. The van der Waals surface area contributed by atoms with Crippen molar-refractivity contribution in [3.05, 3.63) is 60.8 Å². The summed E-state index contributed by atoms with van der Waals surface area (Å²) in [5.41, 5.74) is 10.3. The number of pyridine rings is 1. The molecule has 10 heteroatoms. The topological polar surface area (TPSA) is 131 Å². The minimum atomic E-state index is -0.588. The number of fused-ring (bicyclic) bond motifs is 1. The molecule has 4 rings (SSSR count). The Morgan fingerprint density at radius 3 is 2.95 bits per heavy atom. The van der Waals surface area contributed by atoms with E-state index < -0.39 is 6.09 Å². The number of hydrogen-bond acceptors (Lipinski definition) is 8. The minimum absolute atomic E-state index is 0.0638. The third-order valence-corrected chi connectivity index (χ3v) is 6.28. The number of aliphatic imine (C=N–C) groups is 1. The summed E-state index contributed by atoms with van der Waals surface area (Å²) < 4.78 is 11.1. The first-order valence-corrected chi connectivity index (χ1v) is 13.3. The van der Waals surface area contributed by atoms with Gasteiger partial charge in [0.05, 0.1) is 23.3 Å². The lowest BCUT2D eigenvalue weighted by molar-refractivity contribution is 0.0360. The summed E-state index contributed by atoms with van der Waals surface area (Å²) in [6.45, 7) is 13.5. The Kier molecular flexibility index (Phi) is 9.32. The largest absolute Gasteiger partial charge is 0.473 e. The lowest BCUT2D eigenvalue weighted by atomic mass is 10.0. The maximum absolute atomic E-state index is 12.0. The molecule has 2 aromatic heterocycles. The summed E-state index contributed by atoms with van der Waals surface area (Å²) in [7, 11) is 0. The number of nitrogens with two attached hydrogens (primary N) is 1. The summed E-state index contributed by atoms with van der Waals surface area (Å²) >= 11 is 0. The summed E-state index contributed by atoms with van der Waals surface area (Å²) in [4.78, 5) is 31.1. The average molecular weight is 532 g/mol. The molecule has 0 saturated carbocycles. The van der Waals surface area contributed by atoms with Crippen molar-refractivity contribution in [2.75, 3.05) is 31.6 Å². The van der Waals surface area contributed by atoms with Crippen LogP contribution in [0.5, 0.6) is 0 Å². The summed E-state index contributed by atoms with van der Waals surface area (Å²) in [6, 6.07) is 9.48. The van der Waals surface area contributed by atoms with Gasteiger partial charge in [0.1, 0.15) is 6.10 Å². The van der Waals surface area contributed by atoms with Crippen molar-refractivity contribution in [1.82, 2.24) is 19.9 Å². The molecule has 1 atom stereocenters. The highest BCUT2D eigenvalue weighted by atomic mass is 16.5. The van der Waals surface area contributed by atoms with Gasteiger partial charge in [0.15, 0.2) is 0 Å². The number of anilines is 1. The van der Waals surface area contributed by atoms with Crippen molar-refractivity contribution < 1.29 is 14.3 Å². The summed E-state index contributed by atoms with van der Waals surface area (Å²) in [5.74, 6) is 1.23. The van der Waals surface area contributed by atoms with Gasteiger partial charge in [0.2, 0.25) is 11.8 Å². The van der Waals surface area contributed by atoms with E-state index in [0.717, 1.165) is 49.3 Å². The smallest absolute Gasteiger partial charge is 0.413 e. The molecule has 1 saturated heterocycles. The molecule has 1 aliphatic rings. The number of amides is 1. The SMILES string of the molecule is C=C(/N=C\C(=C/N)c1cc(-c2ccccn2)c2[nH]c(NC(=O)OCC)nc2c1)OC1CCCN(CC(C)C)C1. The molecule has 1 amide bonds. The van der Waals surface area contributed by atoms with Crippen molar-refractivity contribution >= 4 is 34.9 Å². The van der Waals surface area contributed by atoms with Crippen LogP contribution in [0.4, 0.5) is 10.7 Å². The molecule has 39 heavy (non-hydrogen) atoms. The van der Waals surface area contributed by atoms with Gasteiger partial charge >= 0.3 is 6.09 Å². The van der Waals surface area contributed by atoms with Crippen molar-refractivity contribution in [2.45, 2.75) is 39.7 Å². The molecular weight excluding hydrogens is 494 g/mol. The molecule has 1 fully saturated rings. The van der Waals surface area contributed by atoms with Crippen LogP contribution in [0, 0.1) is 5.92 Å². The maximum Gasteiger partial charge on any atom is 0.413 e. The van der Waals surface area contributed by atoms with Crippen molar-refractivity contribution in [2.24, 2.45) is 16.6 Å². The van der Waals surface area contributed by atoms with Crippen LogP contribution in [0.15, 0.2) is 60.2 Å². The Hall–Kier alpha value is -4.18. The van der Waals surface area contributed by atoms with Crippen LogP contribution < -0.4 is 11.1 Å². The van der Waals surface area contributed by atoms with E-state index >= 15 is 0 Å². The molecule has 0 bridgehead atoms. The molecular formula is C29H37N7O3. The second-order valence-corrected chi connectivity index (χ2v) is 9.87. The molecule has 0 radical (unpaired) electrons. The van der Waals surface area contributed by atoms with Crippen LogP contribution in [0.1, 0.15) is 39.2 Å². The molecule has 1 aliphatic heterocycles. The first-order chi connectivity index (χ1) is 18.9. The number of H-pyrrole nitrogens is 1. The van der Waals surface area contributed by atoms with Gasteiger partial charge in [0.25, 0.3) is 0 Å². The van der Waals surface area contributed by atoms with Gasteiger partial charge in [0, 0.05) is 42.8 Å². The number of aromatic nitrogens is 3. The highest BCUT2D eigenvalue weighted by Gasteiger charge is 2.22. The zero-order chi connectivity index (χ0) is 27.8. The molecule has 1 aromatic carbocycles. The van der Waals surface area contributed by atoms with Gasteiger partial charge in [-0.3, -0.25) is 15.2 Å². The predicted octanol–water partition coefficient (Wildman–Crippen LogP) is 5.17. The number of piperidine rings is 1. The number of benzene rings is 1. The van der Waals surface area contributed by atoms with Crippen LogP contribution in [0.2, 0.25) is 0 Å². The van der Waals surface area contributed by atoms with Gasteiger partial charge in [-0.15, -0.1) is 0 Å². The highest BCUT2D eigenvalue weighted by molar-refractivity contribution is 6.12. The number of nitrogens with one attached hydrogen (secondary N) is 2. The Bertz CT molecular complexity index is 1350. The van der Waals surface area contributed by atoms with Crippen molar-refractivity contribution in [1.29, 1.82) is 0 Å². The number of likely N-dealkylation sites (tertiary alicyclic amines) is 1. The van der Waals surface area contributed by atoms with E-state index in [1.54, 1.807) is 19.3 Å². The lowest BCUT2D eigenvalue weighted by Crippen LogP contribution is -2.41. The Morgan fingerprint density at radius 1 is 1.38 bits per heavy atom. The number of allylic oxidation sites excluding steroid dienone is 1. The predicted molar refractivity (Wildman–Crippen MR) is 155 cm³/mol. The number of hydrogen-bond donors (Lipinski definition) is 3.